The van der Waals surface area contributed by atoms with Crippen LogP contribution in [0.4, 0.5) is 11.4 Å². The molecule has 1 heterocycles. The molecule has 2 aromatic rings. The highest BCUT2D eigenvalue weighted by Crippen LogP contribution is 2.28. The van der Waals surface area contributed by atoms with Crippen molar-refractivity contribution in [3.05, 3.63) is 63.5 Å². The standard InChI is InChI=1S/C14H15N3O2/c1-10-5-3-8-13(14(10)17(18)19)15-9-12-7-4-6-11(2)16-12/h3-8,15H,9H2,1-2H3. The van der Waals surface area contributed by atoms with Crippen LogP contribution < -0.4 is 5.32 Å². The third kappa shape index (κ3) is 3.07. The molecule has 0 saturated carbocycles. The lowest BCUT2D eigenvalue weighted by Gasteiger charge is -2.08. The Kier molecular flexibility index (Phi) is 3.75. The Morgan fingerprint density at radius 2 is 1.95 bits per heavy atom. The number of rotatable bonds is 4. The molecule has 2 rings (SSSR count). The molecule has 0 atom stereocenters. The monoisotopic (exact) mass is 257 g/mol. The summed E-state index contributed by atoms with van der Waals surface area (Å²) in [6, 6.07) is 11.0. The molecule has 1 aromatic carbocycles. The van der Waals surface area contributed by atoms with Gasteiger partial charge in [-0.3, -0.25) is 15.1 Å². The molecule has 0 amide bonds. The van der Waals surface area contributed by atoms with Crippen LogP contribution in [0.1, 0.15) is 17.0 Å². The van der Waals surface area contributed by atoms with Crippen LogP contribution >= 0.6 is 0 Å². The molecule has 19 heavy (non-hydrogen) atoms. The summed E-state index contributed by atoms with van der Waals surface area (Å²) in [5.74, 6) is 0. The molecule has 1 N–H and O–H groups in total. The van der Waals surface area contributed by atoms with Crippen molar-refractivity contribution in [3.8, 4) is 0 Å². The lowest BCUT2D eigenvalue weighted by molar-refractivity contribution is -0.384. The molecule has 5 nitrogen and oxygen atoms in total. The van der Waals surface area contributed by atoms with E-state index < -0.39 is 0 Å². The smallest absolute Gasteiger partial charge is 0.295 e. The summed E-state index contributed by atoms with van der Waals surface area (Å²) < 4.78 is 0. The summed E-state index contributed by atoms with van der Waals surface area (Å²) in [5.41, 5.74) is 3.07. The van der Waals surface area contributed by atoms with E-state index in [1.165, 1.54) is 0 Å². The lowest BCUT2D eigenvalue weighted by Crippen LogP contribution is -2.05. The number of nitrogens with one attached hydrogen (secondary N) is 1. The maximum absolute atomic E-state index is 11.1. The second kappa shape index (κ2) is 5.48. The van der Waals surface area contributed by atoms with Crippen molar-refractivity contribution in [1.29, 1.82) is 0 Å². The van der Waals surface area contributed by atoms with E-state index in [1.54, 1.807) is 25.1 Å². The van der Waals surface area contributed by atoms with Crippen LogP contribution in [-0.2, 0) is 6.54 Å². The first kappa shape index (κ1) is 13.0. The van der Waals surface area contributed by atoms with Gasteiger partial charge in [-0.15, -0.1) is 0 Å². The molecule has 0 bridgehead atoms. The SMILES string of the molecule is Cc1cccc(CNc2cccc(C)c2[N+](=O)[O-])n1. The Morgan fingerprint density at radius 1 is 1.21 bits per heavy atom. The van der Waals surface area contributed by atoms with E-state index in [2.05, 4.69) is 10.3 Å². The molecule has 0 spiro atoms. The minimum absolute atomic E-state index is 0.121. The van der Waals surface area contributed by atoms with Crippen LogP contribution in [0.2, 0.25) is 0 Å². The van der Waals surface area contributed by atoms with Gasteiger partial charge in [-0.1, -0.05) is 18.2 Å². The van der Waals surface area contributed by atoms with E-state index in [0.717, 1.165) is 11.4 Å². The van der Waals surface area contributed by atoms with E-state index in [0.29, 0.717) is 17.8 Å². The van der Waals surface area contributed by atoms with Gasteiger partial charge in [0.1, 0.15) is 5.69 Å². The third-order valence-corrected chi connectivity index (χ3v) is 2.83. The zero-order chi connectivity index (χ0) is 13.8. The molecule has 0 aliphatic heterocycles. The van der Waals surface area contributed by atoms with Crippen LogP contribution in [0.25, 0.3) is 0 Å². The van der Waals surface area contributed by atoms with Crippen LogP contribution in [-0.4, -0.2) is 9.91 Å². The van der Waals surface area contributed by atoms with E-state index in [1.807, 2.05) is 25.1 Å². The van der Waals surface area contributed by atoms with Crippen molar-refractivity contribution in [1.82, 2.24) is 4.98 Å². The topological polar surface area (TPSA) is 68.1 Å². The van der Waals surface area contributed by atoms with E-state index in [9.17, 15) is 10.1 Å². The van der Waals surface area contributed by atoms with Crippen LogP contribution in [0.5, 0.6) is 0 Å². The molecule has 0 radical (unpaired) electrons. The van der Waals surface area contributed by atoms with Crippen molar-refractivity contribution in [2.45, 2.75) is 20.4 Å². The van der Waals surface area contributed by atoms with Gasteiger partial charge >= 0.3 is 0 Å². The zero-order valence-electron chi connectivity index (χ0n) is 10.9. The second-order valence-electron chi connectivity index (χ2n) is 4.35. The van der Waals surface area contributed by atoms with Gasteiger partial charge in [0, 0.05) is 11.3 Å². The van der Waals surface area contributed by atoms with Crippen molar-refractivity contribution in [2.75, 3.05) is 5.32 Å². The highest BCUT2D eigenvalue weighted by Gasteiger charge is 2.16. The summed E-state index contributed by atoms with van der Waals surface area (Å²) in [5, 5.41) is 14.1. The molecule has 0 fully saturated rings. The predicted octanol–water partition coefficient (Wildman–Crippen LogP) is 3.22. The maximum Gasteiger partial charge on any atom is 0.295 e. The fourth-order valence-electron chi connectivity index (χ4n) is 1.93. The third-order valence-electron chi connectivity index (χ3n) is 2.83. The highest BCUT2D eigenvalue weighted by atomic mass is 16.6. The average molecular weight is 257 g/mol. The first-order valence-corrected chi connectivity index (χ1v) is 5.98. The number of nitro benzene ring substituents is 1. The number of nitrogens with zero attached hydrogens (tertiary/aromatic N) is 2. The summed E-state index contributed by atoms with van der Waals surface area (Å²) >= 11 is 0. The van der Waals surface area contributed by atoms with Gasteiger partial charge in [-0.2, -0.15) is 0 Å². The molecule has 0 saturated heterocycles. The first-order valence-electron chi connectivity index (χ1n) is 5.98. The van der Waals surface area contributed by atoms with Gasteiger partial charge in [0.05, 0.1) is 17.2 Å². The number of para-hydroxylation sites is 1. The minimum Gasteiger partial charge on any atom is -0.374 e. The Balaban J connectivity index is 2.20. The number of anilines is 1. The minimum atomic E-state index is -0.360. The summed E-state index contributed by atoms with van der Waals surface area (Å²) in [6.07, 6.45) is 0. The van der Waals surface area contributed by atoms with E-state index >= 15 is 0 Å². The number of hydrogen-bond donors (Lipinski definition) is 1. The van der Waals surface area contributed by atoms with E-state index in [-0.39, 0.29) is 10.6 Å². The Labute approximate surface area is 111 Å². The fourth-order valence-corrected chi connectivity index (χ4v) is 1.93. The fraction of sp³-hybridized carbons (Fsp3) is 0.214. The highest BCUT2D eigenvalue weighted by molar-refractivity contribution is 5.64. The second-order valence-corrected chi connectivity index (χ2v) is 4.35. The number of aromatic nitrogens is 1. The largest absolute Gasteiger partial charge is 0.374 e. The molecular weight excluding hydrogens is 242 g/mol. The molecule has 0 aliphatic carbocycles. The Morgan fingerprint density at radius 3 is 2.63 bits per heavy atom. The Hall–Kier alpha value is -2.43. The van der Waals surface area contributed by atoms with Crippen LogP contribution in [0.3, 0.4) is 0 Å². The summed E-state index contributed by atoms with van der Waals surface area (Å²) in [6.45, 7) is 4.11. The molecular formula is C14H15N3O2. The average Bonchev–Trinajstić information content (AvgIpc) is 2.36. The Bertz CT molecular complexity index is 611. The van der Waals surface area contributed by atoms with Gasteiger partial charge in [0.2, 0.25) is 0 Å². The predicted molar refractivity (Wildman–Crippen MR) is 74.1 cm³/mol. The van der Waals surface area contributed by atoms with Gasteiger partial charge < -0.3 is 5.32 Å². The lowest BCUT2D eigenvalue weighted by atomic mass is 10.1. The molecule has 0 aliphatic rings. The molecule has 0 unspecified atom stereocenters. The van der Waals surface area contributed by atoms with Gasteiger partial charge in [-0.25, -0.2) is 0 Å². The summed E-state index contributed by atoms with van der Waals surface area (Å²) in [4.78, 5) is 15.1. The van der Waals surface area contributed by atoms with Gasteiger partial charge in [0.25, 0.3) is 5.69 Å². The molecule has 5 heteroatoms. The maximum atomic E-state index is 11.1. The quantitative estimate of drug-likeness (QED) is 0.674. The van der Waals surface area contributed by atoms with Gasteiger partial charge in [-0.05, 0) is 32.0 Å². The number of pyridine rings is 1. The van der Waals surface area contributed by atoms with Crippen molar-refractivity contribution >= 4 is 11.4 Å². The molecule has 98 valence electrons. The van der Waals surface area contributed by atoms with Crippen LogP contribution in [0.15, 0.2) is 36.4 Å². The molecule has 1 aromatic heterocycles. The van der Waals surface area contributed by atoms with Crippen LogP contribution in [0, 0.1) is 24.0 Å². The van der Waals surface area contributed by atoms with Crippen molar-refractivity contribution in [3.63, 3.8) is 0 Å². The number of nitro groups is 1. The van der Waals surface area contributed by atoms with Crippen molar-refractivity contribution < 1.29 is 4.92 Å². The van der Waals surface area contributed by atoms with Gasteiger partial charge in [0.15, 0.2) is 0 Å². The van der Waals surface area contributed by atoms with E-state index in [4.69, 9.17) is 0 Å². The van der Waals surface area contributed by atoms with Crippen molar-refractivity contribution in [2.24, 2.45) is 0 Å². The normalized spacial score (nSPS) is 10.2. The number of hydrogen-bond acceptors (Lipinski definition) is 4. The number of benzene rings is 1. The zero-order valence-corrected chi connectivity index (χ0v) is 10.9. The first-order chi connectivity index (χ1) is 9.08. The number of aryl methyl sites for hydroxylation is 2. The summed E-state index contributed by atoms with van der Waals surface area (Å²) in [7, 11) is 0.